The van der Waals surface area contributed by atoms with Gasteiger partial charge < -0.3 is 20.1 Å². The zero-order valence-electron chi connectivity index (χ0n) is 18.2. The highest BCUT2D eigenvalue weighted by Gasteiger charge is 2.56. The molecule has 0 fully saturated rings. The number of benzene rings is 3. The lowest BCUT2D eigenvalue weighted by molar-refractivity contribution is 0.0228. The predicted octanol–water partition coefficient (Wildman–Crippen LogP) is 6.02. The Morgan fingerprint density at radius 1 is 0.848 bits per heavy atom. The summed E-state index contributed by atoms with van der Waals surface area (Å²) in [5.41, 5.74) is 0.729. The van der Waals surface area contributed by atoms with E-state index in [4.69, 9.17) is 4.74 Å². The molecule has 3 aromatic carbocycles. The maximum absolute atomic E-state index is 13.2. The number of esters is 1. The summed E-state index contributed by atoms with van der Waals surface area (Å²) in [7, 11) is 0. The number of halogens is 2. The minimum absolute atomic E-state index is 0.0458. The summed E-state index contributed by atoms with van der Waals surface area (Å²) in [5, 5.41) is 32.6. The zero-order valence-corrected chi connectivity index (χ0v) is 21.4. The maximum Gasteiger partial charge on any atom is 0.340 e. The molecule has 8 heteroatoms. The van der Waals surface area contributed by atoms with Crippen LogP contribution in [0.4, 0.5) is 0 Å². The van der Waals surface area contributed by atoms with Crippen LogP contribution in [0.3, 0.4) is 0 Å². The third-order valence-electron chi connectivity index (χ3n) is 6.03. The molecule has 0 spiro atoms. The van der Waals surface area contributed by atoms with E-state index in [2.05, 4.69) is 31.9 Å². The van der Waals surface area contributed by atoms with Gasteiger partial charge in [0, 0.05) is 14.5 Å². The first kappa shape index (κ1) is 23.3. The summed E-state index contributed by atoms with van der Waals surface area (Å²) in [6.45, 7) is 7.02. The van der Waals surface area contributed by atoms with Crippen LogP contribution < -0.4 is 0 Å². The second-order valence-corrected chi connectivity index (χ2v) is 9.79. The molecule has 0 aliphatic carbocycles. The number of ether oxygens (including phenoxy) is 1. The van der Waals surface area contributed by atoms with Gasteiger partial charge in [-0.2, -0.15) is 0 Å². The Morgan fingerprint density at radius 3 is 1.79 bits per heavy atom. The van der Waals surface area contributed by atoms with Gasteiger partial charge in [0.2, 0.25) is 0 Å². The van der Waals surface area contributed by atoms with E-state index in [1.54, 1.807) is 26.0 Å². The Hall–Kier alpha value is -2.84. The highest BCUT2D eigenvalue weighted by Crippen LogP contribution is 2.58. The lowest BCUT2D eigenvalue weighted by Gasteiger charge is -2.35. The van der Waals surface area contributed by atoms with Crippen molar-refractivity contribution in [3.05, 3.63) is 89.3 Å². The highest BCUT2D eigenvalue weighted by molar-refractivity contribution is 9.11. The van der Waals surface area contributed by atoms with Crippen molar-refractivity contribution in [1.82, 2.24) is 0 Å². The largest absolute Gasteiger partial charge is 0.507 e. The van der Waals surface area contributed by atoms with Gasteiger partial charge in [-0.1, -0.05) is 18.2 Å². The Kier molecular flexibility index (Phi) is 5.57. The van der Waals surface area contributed by atoms with Gasteiger partial charge in [0.1, 0.15) is 11.5 Å². The van der Waals surface area contributed by atoms with Crippen LogP contribution in [0.1, 0.15) is 59.7 Å². The first-order valence-electron chi connectivity index (χ1n) is 10.0. The van der Waals surface area contributed by atoms with Crippen LogP contribution >= 0.6 is 31.9 Å². The molecule has 33 heavy (non-hydrogen) atoms. The first-order chi connectivity index (χ1) is 15.4. The smallest absolute Gasteiger partial charge is 0.340 e. The maximum atomic E-state index is 13.2. The fraction of sp³-hybridized carbons (Fsp3) is 0.200. The summed E-state index contributed by atoms with van der Waals surface area (Å²) in [6, 6.07) is 7.83. The predicted molar refractivity (Wildman–Crippen MR) is 129 cm³/mol. The molecule has 1 heterocycles. The van der Waals surface area contributed by atoms with Gasteiger partial charge in [-0.3, -0.25) is 0 Å². The van der Waals surface area contributed by atoms with Gasteiger partial charge in [0.25, 0.3) is 0 Å². The lowest BCUT2D eigenvalue weighted by atomic mass is 9.75. The number of aromatic hydroxyl groups is 2. The molecule has 0 atom stereocenters. The molecule has 170 valence electrons. The number of phenols is 2. The number of carbonyl (C=O) groups excluding carboxylic acids is 1. The summed E-state index contributed by atoms with van der Waals surface area (Å²) < 4.78 is 6.90. The number of phenolic OH excluding ortho intramolecular Hbond substituents is 2. The van der Waals surface area contributed by atoms with E-state index in [1.165, 1.54) is 18.2 Å². The Balaban J connectivity index is 2.36. The Bertz CT molecular complexity index is 1260. The van der Waals surface area contributed by atoms with E-state index >= 15 is 0 Å². The second-order valence-electron chi connectivity index (χ2n) is 8.20. The van der Waals surface area contributed by atoms with Gasteiger partial charge in [0.15, 0.2) is 5.60 Å². The number of carboxylic acid groups (broad SMARTS) is 1. The molecule has 0 radical (unpaired) electrons. The van der Waals surface area contributed by atoms with Gasteiger partial charge >= 0.3 is 11.9 Å². The van der Waals surface area contributed by atoms with E-state index in [0.717, 1.165) is 11.1 Å². The molecule has 4 rings (SSSR count). The third-order valence-corrected chi connectivity index (χ3v) is 8.08. The molecular formula is C25H20Br2O6. The number of hydrogen-bond donors (Lipinski definition) is 3. The van der Waals surface area contributed by atoms with Crippen LogP contribution in [0.15, 0.2) is 39.3 Å². The van der Waals surface area contributed by atoms with E-state index in [0.29, 0.717) is 20.1 Å². The topological polar surface area (TPSA) is 104 Å². The van der Waals surface area contributed by atoms with E-state index < -0.39 is 17.5 Å². The van der Waals surface area contributed by atoms with E-state index in [-0.39, 0.29) is 39.3 Å². The number of rotatable bonds is 3. The fourth-order valence-electron chi connectivity index (χ4n) is 4.55. The van der Waals surface area contributed by atoms with Crippen LogP contribution in [0, 0.1) is 27.7 Å². The van der Waals surface area contributed by atoms with Crippen molar-refractivity contribution in [2.45, 2.75) is 33.3 Å². The number of carbonyl (C=O) groups is 2. The second kappa shape index (κ2) is 7.88. The quantitative estimate of drug-likeness (QED) is 0.330. The average molecular weight is 576 g/mol. The van der Waals surface area contributed by atoms with Crippen molar-refractivity contribution in [2.24, 2.45) is 0 Å². The molecule has 3 N–H and O–H groups in total. The first-order valence-corrected chi connectivity index (χ1v) is 11.6. The van der Waals surface area contributed by atoms with Crippen LogP contribution in [-0.4, -0.2) is 27.3 Å². The van der Waals surface area contributed by atoms with Gasteiger partial charge in [0.05, 0.1) is 22.3 Å². The SMILES string of the molecule is Cc1cc(C)c(Br)c(C2(c3c(O)c(C)cc(C)c3Br)OC(=O)c3cccc(C(=O)O)c32)c1O. The number of aromatic carboxylic acids is 1. The standard InChI is InChI=1S/C25H20Br2O6/c1-10-8-12(3)21(28)17(19(10)26)25(18-20(27)11(2)9-13(4)22(18)29)16-14(23(30)31)6-5-7-15(16)24(32)33-25/h5-9,28-29H,1-4H3,(H,30,31). The fourth-order valence-corrected chi connectivity index (χ4v) is 5.72. The van der Waals surface area contributed by atoms with E-state index in [1.807, 2.05) is 13.8 Å². The van der Waals surface area contributed by atoms with Gasteiger partial charge in [-0.05, 0) is 93.9 Å². The van der Waals surface area contributed by atoms with Crippen molar-refractivity contribution in [2.75, 3.05) is 0 Å². The van der Waals surface area contributed by atoms with Crippen molar-refractivity contribution >= 4 is 43.8 Å². The summed E-state index contributed by atoms with van der Waals surface area (Å²) in [4.78, 5) is 25.5. The normalized spacial score (nSPS) is 14.2. The third kappa shape index (κ3) is 3.19. The molecule has 3 aromatic rings. The number of hydrogen-bond acceptors (Lipinski definition) is 5. The van der Waals surface area contributed by atoms with Crippen molar-refractivity contribution in [3.63, 3.8) is 0 Å². The minimum Gasteiger partial charge on any atom is -0.507 e. The molecule has 0 bridgehead atoms. The minimum atomic E-state index is -1.94. The van der Waals surface area contributed by atoms with Crippen molar-refractivity contribution in [1.29, 1.82) is 0 Å². The monoisotopic (exact) mass is 574 g/mol. The summed E-state index contributed by atoms with van der Waals surface area (Å²) in [5.74, 6) is -2.39. The molecule has 0 saturated carbocycles. The Morgan fingerprint density at radius 2 is 1.33 bits per heavy atom. The molecule has 0 unspecified atom stereocenters. The van der Waals surface area contributed by atoms with Gasteiger partial charge in [-0.15, -0.1) is 0 Å². The van der Waals surface area contributed by atoms with Crippen molar-refractivity contribution in [3.8, 4) is 11.5 Å². The molecule has 0 aromatic heterocycles. The van der Waals surface area contributed by atoms with E-state index in [9.17, 15) is 24.9 Å². The molecular weight excluding hydrogens is 556 g/mol. The molecule has 1 aliphatic heterocycles. The van der Waals surface area contributed by atoms with Crippen LogP contribution in [0.5, 0.6) is 11.5 Å². The number of aryl methyl sites for hydroxylation is 4. The van der Waals surface area contributed by atoms with Crippen LogP contribution in [0.2, 0.25) is 0 Å². The van der Waals surface area contributed by atoms with Crippen LogP contribution in [-0.2, 0) is 10.3 Å². The van der Waals surface area contributed by atoms with Crippen molar-refractivity contribution < 1.29 is 29.6 Å². The summed E-state index contributed by atoms with van der Waals surface area (Å²) >= 11 is 7.06. The Labute approximate surface area is 207 Å². The van der Waals surface area contributed by atoms with Crippen LogP contribution in [0.25, 0.3) is 0 Å². The molecule has 6 nitrogen and oxygen atoms in total. The lowest BCUT2D eigenvalue weighted by Crippen LogP contribution is -2.33. The zero-order chi connectivity index (χ0) is 24.4. The number of cyclic esters (lactones) is 1. The van der Waals surface area contributed by atoms with Gasteiger partial charge in [-0.25, -0.2) is 9.59 Å². The molecule has 1 aliphatic rings. The molecule has 0 amide bonds. The summed E-state index contributed by atoms with van der Waals surface area (Å²) in [6.07, 6.45) is 0. The molecule has 0 saturated heterocycles. The average Bonchev–Trinajstić information content (AvgIpc) is 3.04. The number of fused-ring (bicyclic) bond motifs is 1. The number of carboxylic acids is 1. The highest BCUT2D eigenvalue weighted by atomic mass is 79.9.